The number of carbonyl (C=O) groups excluding carboxylic acids is 1. The molecule has 1 amide bonds. The zero-order valence-electron chi connectivity index (χ0n) is 13.4. The molecule has 0 aromatic heterocycles. The van der Waals surface area contributed by atoms with Crippen molar-refractivity contribution in [1.82, 2.24) is 4.90 Å². The Morgan fingerprint density at radius 3 is 2.54 bits per heavy atom. The lowest BCUT2D eigenvalue weighted by molar-refractivity contribution is -0.127. The summed E-state index contributed by atoms with van der Waals surface area (Å²) in [6.07, 6.45) is 0. The summed E-state index contributed by atoms with van der Waals surface area (Å²) in [4.78, 5) is 14.3. The number of nitrogens with zero attached hydrogens (tertiary/aromatic N) is 1. The zero-order chi connectivity index (χ0) is 16.9. The monoisotopic (exact) mass is 360 g/mol. The Labute approximate surface area is 152 Å². The standard InChI is InChI=1S/C19H21ClN2OS/c20-16-8-6-14(7-9-16)12-24-13-19(23)22-10-17(18(21)11-22)15-4-2-1-3-5-15/h1-9,17-18H,10-13,21H2/t17-,18+/m0/s1. The Bertz CT molecular complexity index is 678. The van der Waals surface area contributed by atoms with Crippen LogP contribution >= 0.6 is 23.4 Å². The maximum absolute atomic E-state index is 12.4. The van der Waals surface area contributed by atoms with Crippen molar-refractivity contribution < 1.29 is 4.79 Å². The van der Waals surface area contributed by atoms with Crippen LogP contribution in [0.3, 0.4) is 0 Å². The molecule has 5 heteroatoms. The third-order valence-electron chi connectivity index (χ3n) is 4.35. The topological polar surface area (TPSA) is 46.3 Å². The Hall–Kier alpha value is -1.49. The van der Waals surface area contributed by atoms with Crippen molar-refractivity contribution in [3.8, 4) is 0 Å². The van der Waals surface area contributed by atoms with E-state index in [1.54, 1.807) is 11.8 Å². The normalized spacial score (nSPS) is 20.3. The Morgan fingerprint density at radius 1 is 1.12 bits per heavy atom. The summed E-state index contributed by atoms with van der Waals surface area (Å²) in [7, 11) is 0. The predicted octanol–water partition coefficient (Wildman–Crippen LogP) is 3.53. The molecule has 1 fully saturated rings. The van der Waals surface area contributed by atoms with Gasteiger partial charge >= 0.3 is 0 Å². The van der Waals surface area contributed by atoms with Gasteiger partial charge in [-0.1, -0.05) is 54.1 Å². The van der Waals surface area contributed by atoms with Gasteiger partial charge < -0.3 is 10.6 Å². The van der Waals surface area contributed by atoms with E-state index in [4.69, 9.17) is 17.3 Å². The van der Waals surface area contributed by atoms with Gasteiger partial charge in [-0.2, -0.15) is 0 Å². The highest BCUT2D eigenvalue weighted by Crippen LogP contribution is 2.27. The molecule has 3 nitrogen and oxygen atoms in total. The van der Waals surface area contributed by atoms with E-state index in [1.165, 1.54) is 11.1 Å². The van der Waals surface area contributed by atoms with Gasteiger partial charge in [0.2, 0.25) is 5.91 Å². The summed E-state index contributed by atoms with van der Waals surface area (Å²) >= 11 is 7.51. The summed E-state index contributed by atoms with van der Waals surface area (Å²) in [6.45, 7) is 1.35. The van der Waals surface area contributed by atoms with Crippen molar-refractivity contribution in [2.75, 3.05) is 18.8 Å². The number of thioether (sulfide) groups is 1. The molecule has 24 heavy (non-hydrogen) atoms. The maximum Gasteiger partial charge on any atom is 0.232 e. The van der Waals surface area contributed by atoms with Gasteiger partial charge in [-0.05, 0) is 23.3 Å². The van der Waals surface area contributed by atoms with Crippen molar-refractivity contribution in [2.24, 2.45) is 5.73 Å². The lowest BCUT2D eigenvalue weighted by atomic mass is 9.95. The van der Waals surface area contributed by atoms with E-state index < -0.39 is 0 Å². The molecule has 2 atom stereocenters. The molecular weight excluding hydrogens is 340 g/mol. The van der Waals surface area contributed by atoms with Crippen LogP contribution in [0.5, 0.6) is 0 Å². The molecule has 0 spiro atoms. The molecule has 1 heterocycles. The molecule has 0 aliphatic carbocycles. The Morgan fingerprint density at radius 2 is 1.83 bits per heavy atom. The molecule has 2 aromatic rings. The zero-order valence-corrected chi connectivity index (χ0v) is 15.0. The number of benzene rings is 2. The molecule has 1 aliphatic rings. The van der Waals surface area contributed by atoms with Crippen LogP contribution in [0, 0.1) is 0 Å². The smallest absolute Gasteiger partial charge is 0.232 e. The number of rotatable bonds is 5. The van der Waals surface area contributed by atoms with Gasteiger partial charge in [0.05, 0.1) is 5.75 Å². The molecule has 0 radical (unpaired) electrons. The lowest BCUT2D eigenvalue weighted by Crippen LogP contribution is -2.33. The third-order valence-corrected chi connectivity index (χ3v) is 5.59. The molecule has 3 rings (SSSR count). The van der Waals surface area contributed by atoms with Crippen molar-refractivity contribution in [2.45, 2.75) is 17.7 Å². The summed E-state index contributed by atoms with van der Waals surface area (Å²) in [5.74, 6) is 1.70. The second-order valence-electron chi connectivity index (χ2n) is 6.10. The molecule has 2 N–H and O–H groups in total. The molecule has 126 valence electrons. The Kier molecular flexibility index (Phi) is 5.82. The van der Waals surface area contributed by atoms with Crippen LogP contribution in [0.2, 0.25) is 5.02 Å². The lowest BCUT2D eigenvalue weighted by Gasteiger charge is -2.16. The van der Waals surface area contributed by atoms with Gasteiger partial charge in [0.1, 0.15) is 0 Å². The number of likely N-dealkylation sites (tertiary alicyclic amines) is 1. The highest BCUT2D eigenvalue weighted by molar-refractivity contribution is 7.99. The van der Waals surface area contributed by atoms with Crippen LogP contribution in [-0.2, 0) is 10.5 Å². The second-order valence-corrected chi connectivity index (χ2v) is 7.52. The molecule has 0 unspecified atom stereocenters. The third kappa shape index (κ3) is 4.32. The minimum atomic E-state index is 0.0117. The summed E-state index contributed by atoms with van der Waals surface area (Å²) in [5.41, 5.74) is 8.65. The quantitative estimate of drug-likeness (QED) is 0.887. The number of hydrogen-bond donors (Lipinski definition) is 1. The number of carbonyl (C=O) groups is 1. The van der Waals surface area contributed by atoms with Crippen LogP contribution < -0.4 is 5.73 Å². The molecular formula is C19H21ClN2OS. The first kappa shape index (κ1) is 17.3. The average Bonchev–Trinajstić information content (AvgIpc) is 2.99. The largest absolute Gasteiger partial charge is 0.340 e. The van der Waals surface area contributed by atoms with E-state index in [0.717, 1.165) is 10.8 Å². The van der Waals surface area contributed by atoms with Gasteiger partial charge in [-0.3, -0.25) is 4.79 Å². The van der Waals surface area contributed by atoms with Gasteiger partial charge in [-0.15, -0.1) is 11.8 Å². The number of nitrogens with two attached hydrogens (primary N) is 1. The first-order chi connectivity index (χ1) is 11.6. The summed E-state index contributed by atoms with van der Waals surface area (Å²) in [6, 6.07) is 18.0. The first-order valence-electron chi connectivity index (χ1n) is 8.04. The van der Waals surface area contributed by atoms with Crippen LogP contribution in [-0.4, -0.2) is 35.7 Å². The molecule has 1 aliphatic heterocycles. The predicted molar refractivity (Wildman–Crippen MR) is 101 cm³/mol. The van der Waals surface area contributed by atoms with Crippen molar-refractivity contribution in [1.29, 1.82) is 0 Å². The first-order valence-corrected chi connectivity index (χ1v) is 9.57. The van der Waals surface area contributed by atoms with Crippen molar-refractivity contribution in [3.05, 3.63) is 70.7 Å². The Balaban J connectivity index is 1.50. The highest BCUT2D eigenvalue weighted by atomic mass is 35.5. The SMILES string of the molecule is N[C@@H]1CN(C(=O)CSCc2ccc(Cl)cc2)C[C@H]1c1ccccc1. The van der Waals surface area contributed by atoms with E-state index in [1.807, 2.05) is 47.4 Å². The van der Waals surface area contributed by atoms with E-state index in [-0.39, 0.29) is 17.9 Å². The minimum absolute atomic E-state index is 0.0117. The van der Waals surface area contributed by atoms with Gasteiger partial charge in [0, 0.05) is 35.8 Å². The van der Waals surface area contributed by atoms with Crippen molar-refractivity contribution in [3.63, 3.8) is 0 Å². The molecule has 1 saturated heterocycles. The number of amides is 1. The van der Waals surface area contributed by atoms with E-state index >= 15 is 0 Å². The van der Waals surface area contributed by atoms with Gasteiger partial charge in [0.25, 0.3) is 0 Å². The summed E-state index contributed by atoms with van der Waals surface area (Å²) in [5, 5.41) is 0.734. The fourth-order valence-corrected chi connectivity index (χ4v) is 4.03. The fourth-order valence-electron chi connectivity index (χ4n) is 3.01. The number of halogens is 1. The van der Waals surface area contributed by atoms with Crippen LogP contribution in [0.25, 0.3) is 0 Å². The highest BCUT2D eigenvalue weighted by Gasteiger charge is 2.33. The van der Waals surface area contributed by atoms with Gasteiger partial charge in [-0.25, -0.2) is 0 Å². The maximum atomic E-state index is 12.4. The molecule has 2 aromatic carbocycles. The second kappa shape index (κ2) is 8.06. The van der Waals surface area contributed by atoms with Gasteiger partial charge in [0.15, 0.2) is 0 Å². The van der Waals surface area contributed by atoms with E-state index in [9.17, 15) is 4.79 Å². The average molecular weight is 361 g/mol. The minimum Gasteiger partial charge on any atom is -0.340 e. The molecule has 0 saturated carbocycles. The number of hydrogen-bond acceptors (Lipinski definition) is 3. The fraction of sp³-hybridized carbons (Fsp3) is 0.316. The van der Waals surface area contributed by atoms with E-state index in [0.29, 0.717) is 18.8 Å². The van der Waals surface area contributed by atoms with Crippen LogP contribution in [0.4, 0.5) is 0 Å². The van der Waals surface area contributed by atoms with Crippen LogP contribution in [0.15, 0.2) is 54.6 Å². The van der Waals surface area contributed by atoms with Crippen molar-refractivity contribution >= 4 is 29.3 Å². The van der Waals surface area contributed by atoms with Crippen LogP contribution in [0.1, 0.15) is 17.0 Å². The molecule has 0 bridgehead atoms. The van der Waals surface area contributed by atoms with E-state index in [2.05, 4.69) is 12.1 Å². The summed E-state index contributed by atoms with van der Waals surface area (Å²) < 4.78 is 0.